The molecule has 3 heteroatoms. The van der Waals surface area contributed by atoms with Crippen molar-refractivity contribution in [3.05, 3.63) is 59.9 Å². The summed E-state index contributed by atoms with van der Waals surface area (Å²) in [4.78, 5) is 0.889. The van der Waals surface area contributed by atoms with Crippen LogP contribution in [0.1, 0.15) is 5.56 Å². The molecular formula is C13H11FOS. The van der Waals surface area contributed by atoms with Crippen LogP contribution in [0.4, 0.5) is 4.39 Å². The van der Waals surface area contributed by atoms with E-state index in [1.165, 1.54) is 12.1 Å². The van der Waals surface area contributed by atoms with Crippen molar-refractivity contribution in [1.82, 2.24) is 0 Å². The maximum atomic E-state index is 12.9. The van der Waals surface area contributed by atoms with Gasteiger partial charge in [0.1, 0.15) is 18.2 Å². The Morgan fingerprint density at radius 1 is 1.06 bits per heavy atom. The average molecular weight is 234 g/mol. The lowest BCUT2D eigenvalue weighted by molar-refractivity contribution is 0.304. The van der Waals surface area contributed by atoms with E-state index in [1.54, 1.807) is 12.1 Å². The molecule has 0 aliphatic heterocycles. The fourth-order valence-electron chi connectivity index (χ4n) is 1.37. The van der Waals surface area contributed by atoms with E-state index in [9.17, 15) is 4.39 Å². The normalized spacial score (nSPS) is 10.1. The predicted octanol–water partition coefficient (Wildman–Crippen LogP) is 3.69. The van der Waals surface area contributed by atoms with Gasteiger partial charge in [0.15, 0.2) is 0 Å². The maximum Gasteiger partial charge on any atom is 0.126 e. The number of benzene rings is 2. The minimum absolute atomic E-state index is 0.291. The fourth-order valence-corrected chi connectivity index (χ4v) is 1.62. The van der Waals surface area contributed by atoms with Crippen LogP contribution in [0.15, 0.2) is 53.4 Å². The quantitative estimate of drug-likeness (QED) is 0.797. The Bertz CT molecular complexity index is 439. The molecule has 0 radical (unpaired) electrons. The summed E-state index contributed by atoms with van der Waals surface area (Å²) < 4.78 is 18.3. The van der Waals surface area contributed by atoms with Gasteiger partial charge in [0.2, 0.25) is 0 Å². The third kappa shape index (κ3) is 3.00. The van der Waals surface area contributed by atoms with Gasteiger partial charge in [-0.1, -0.05) is 18.2 Å². The number of rotatable bonds is 3. The summed E-state index contributed by atoms with van der Waals surface area (Å²) in [5.74, 6) is 0.241. The molecule has 0 N–H and O–H groups in total. The van der Waals surface area contributed by atoms with E-state index in [2.05, 4.69) is 12.6 Å². The first-order chi connectivity index (χ1) is 7.74. The van der Waals surface area contributed by atoms with Crippen LogP contribution in [0.3, 0.4) is 0 Å². The predicted molar refractivity (Wildman–Crippen MR) is 64.4 cm³/mol. The largest absolute Gasteiger partial charge is 0.489 e. The van der Waals surface area contributed by atoms with Crippen LogP contribution in [0.5, 0.6) is 5.75 Å². The molecule has 1 nitrogen and oxygen atoms in total. The van der Waals surface area contributed by atoms with E-state index in [0.717, 1.165) is 10.5 Å². The van der Waals surface area contributed by atoms with Gasteiger partial charge >= 0.3 is 0 Å². The lowest BCUT2D eigenvalue weighted by Gasteiger charge is -2.06. The first-order valence-corrected chi connectivity index (χ1v) is 5.35. The zero-order valence-electron chi connectivity index (χ0n) is 8.56. The van der Waals surface area contributed by atoms with Crippen molar-refractivity contribution in [3.63, 3.8) is 0 Å². The zero-order valence-corrected chi connectivity index (χ0v) is 9.45. The van der Waals surface area contributed by atoms with Crippen LogP contribution in [-0.4, -0.2) is 0 Å². The van der Waals surface area contributed by atoms with Gasteiger partial charge in [-0.2, -0.15) is 0 Å². The van der Waals surface area contributed by atoms with Gasteiger partial charge < -0.3 is 4.74 Å². The average Bonchev–Trinajstić information content (AvgIpc) is 2.27. The summed E-state index contributed by atoms with van der Waals surface area (Å²) >= 11 is 4.24. The fraction of sp³-hybridized carbons (Fsp3) is 0.0769. The van der Waals surface area contributed by atoms with Crippen molar-refractivity contribution in [2.45, 2.75) is 11.5 Å². The monoisotopic (exact) mass is 234 g/mol. The summed E-state index contributed by atoms with van der Waals surface area (Å²) in [7, 11) is 0. The smallest absolute Gasteiger partial charge is 0.126 e. The van der Waals surface area contributed by atoms with Gasteiger partial charge in [0.05, 0.1) is 0 Å². The molecule has 16 heavy (non-hydrogen) atoms. The molecule has 0 aliphatic carbocycles. The number of halogens is 1. The molecule has 0 amide bonds. The molecule has 0 saturated carbocycles. The number of hydrogen-bond acceptors (Lipinski definition) is 2. The molecule has 0 unspecified atom stereocenters. The number of ether oxygens (including phenoxy) is 1. The minimum Gasteiger partial charge on any atom is -0.489 e. The van der Waals surface area contributed by atoms with E-state index in [1.807, 2.05) is 24.3 Å². The highest BCUT2D eigenvalue weighted by Gasteiger charge is 1.97. The Morgan fingerprint density at radius 2 is 1.88 bits per heavy atom. The topological polar surface area (TPSA) is 9.23 Å². The Labute approximate surface area is 99.3 Å². The van der Waals surface area contributed by atoms with Gasteiger partial charge in [0, 0.05) is 11.0 Å². The first kappa shape index (κ1) is 11.0. The highest BCUT2D eigenvalue weighted by Crippen LogP contribution is 2.15. The van der Waals surface area contributed by atoms with Crippen molar-refractivity contribution in [2.75, 3.05) is 0 Å². The van der Waals surface area contributed by atoms with Gasteiger partial charge in [-0.15, -0.1) is 12.6 Å². The highest BCUT2D eigenvalue weighted by atomic mass is 32.1. The summed E-state index contributed by atoms with van der Waals surface area (Å²) in [6.07, 6.45) is 0. The molecule has 0 aliphatic rings. The third-order valence-electron chi connectivity index (χ3n) is 2.11. The van der Waals surface area contributed by atoms with Crippen LogP contribution in [-0.2, 0) is 6.61 Å². The van der Waals surface area contributed by atoms with E-state index < -0.39 is 0 Å². The van der Waals surface area contributed by atoms with Crippen molar-refractivity contribution in [1.29, 1.82) is 0 Å². The standard InChI is InChI=1S/C13H11FOS/c14-11-4-2-5-12(8-11)15-9-10-3-1-6-13(16)7-10/h1-8,16H,9H2. The van der Waals surface area contributed by atoms with Gasteiger partial charge in [0.25, 0.3) is 0 Å². The molecular weight excluding hydrogens is 223 g/mol. The van der Waals surface area contributed by atoms with Gasteiger partial charge in [-0.05, 0) is 29.8 Å². The van der Waals surface area contributed by atoms with Crippen molar-refractivity contribution in [3.8, 4) is 5.75 Å². The zero-order chi connectivity index (χ0) is 11.4. The first-order valence-electron chi connectivity index (χ1n) is 4.90. The van der Waals surface area contributed by atoms with Crippen molar-refractivity contribution in [2.24, 2.45) is 0 Å². The number of hydrogen-bond donors (Lipinski definition) is 1. The van der Waals surface area contributed by atoms with Gasteiger partial charge in [-0.25, -0.2) is 4.39 Å². The van der Waals surface area contributed by atoms with Crippen LogP contribution < -0.4 is 4.74 Å². The molecule has 82 valence electrons. The molecule has 2 rings (SSSR count). The number of thiol groups is 1. The van der Waals surface area contributed by atoms with E-state index in [4.69, 9.17) is 4.74 Å². The van der Waals surface area contributed by atoms with Crippen molar-refractivity contribution >= 4 is 12.6 Å². The molecule has 2 aromatic rings. The second kappa shape index (κ2) is 5.03. The van der Waals surface area contributed by atoms with Crippen LogP contribution >= 0.6 is 12.6 Å². The summed E-state index contributed by atoms with van der Waals surface area (Å²) in [6.45, 7) is 0.415. The summed E-state index contributed by atoms with van der Waals surface area (Å²) in [5, 5.41) is 0. The Balaban J connectivity index is 2.02. The lowest BCUT2D eigenvalue weighted by Crippen LogP contribution is -1.95. The summed E-state index contributed by atoms with van der Waals surface area (Å²) in [5.41, 5.74) is 1.01. The Kier molecular flexibility index (Phi) is 3.47. The Morgan fingerprint density at radius 3 is 2.62 bits per heavy atom. The Hall–Kier alpha value is -1.48. The van der Waals surface area contributed by atoms with E-state index >= 15 is 0 Å². The van der Waals surface area contributed by atoms with E-state index in [-0.39, 0.29) is 5.82 Å². The van der Waals surface area contributed by atoms with Crippen molar-refractivity contribution < 1.29 is 9.13 Å². The van der Waals surface area contributed by atoms with E-state index in [0.29, 0.717) is 12.4 Å². The second-order valence-electron chi connectivity index (χ2n) is 3.42. The maximum absolute atomic E-state index is 12.9. The molecule has 0 fully saturated rings. The highest BCUT2D eigenvalue weighted by molar-refractivity contribution is 7.80. The molecule has 0 atom stereocenters. The minimum atomic E-state index is -0.291. The van der Waals surface area contributed by atoms with Crippen LogP contribution in [0.2, 0.25) is 0 Å². The van der Waals surface area contributed by atoms with Gasteiger partial charge in [-0.3, -0.25) is 0 Å². The van der Waals surface area contributed by atoms with Crippen LogP contribution in [0.25, 0.3) is 0 Å². The molecule has 0 heterocycles. The lowest BCUT2D eigenvalue weighted by atomic mass is 10.2. The molecule has 0 bridgehead atoms. The molecule has 2 aromatic carbocycles. The second-order valence-corrected chi connectivity index (χ2v) is 3.93. The van der Waals surface area contributed by atoms with Crippen LogP contribution in [0, 0.1) is 5.82 Å². The third-order valence-corrected chi connectivity index (χ3v) is 2.39. The summed E-state index contributed by atoms with van der Waals surface area (Å²) in [6, 6.07) is 13.8. The molecule has 0 aromatic heterocycles. The SMILES string of the molecule is Fc1cccc(OCc2cccc(S)c2)c1. The molecule has 0 spiro atoms. The molecule has 0 saturated heterocycles.